The lowest BCUT2D eigenvalue weighted by Crippen LogP contribution is -2.03. The minimum absolute atomic E-state index is 0.0566. The highest BCUT2D eigenvalue weighted by atomic mass is 16.6. The molecule has 0 saturated heterocycles. The molecule has 0 amide bonds. The molecule has 2 rings (SSSR count). The highest BCUT2D eigenvalue weighted by Crippen LogP contribution is 2.29. The number of aromatic nitrogens is 2. The Kier molecular flexibility index (Phi) is 4.49. The molecule has 2 aromatic rings. The molecule has 1 N–H and O–H groups in total. The zero-order valence-electron chi connectivity index (χ0n) is 11.6. The minimum Gasteiger partial charge on any atom is -0.485 e. The number of nitro benzene ring substituents is 1. The summed E-state index contributed by atoms with van der Waals surface area (Å²) in [5.41, 5.74) is 0.231. The van der Waals surface area contributed by atoms with Crippen LogP contribution < -0.4 is 4.74 Å². The molecule has 1 aromatic heterocycles. The summed E-state index contributed by atoms with van der Waals surface area (Å²) in [5, 5.41) is 24.2. The molecule has 1 unspecified atom stereocenters. The molecule has 1 atom stereocenters. The van der Waals surface area contributed by atoms with E-state index in [1.54, 1.807) is 0 Å². The van der Waals surface area contributed by atoms with E-state index >= 15 is 0 Å². The van der Waals surface area contributed by atoms with E-state index in [0.29, 0.717) is 29.4 Å². The van der Waals surface area contributed by atoms with E-state index in [1.807, 2.05) is 6.92 Å². The number of hydrogen-bond acceptors (Lipinski definition) is 7. The van der Waals surface area contributed by atoms with Crippen LogP contribution in [0.2, 0.25) is 0 Å². The van der Waals surface area contributed by atoms with Gasteiger partial charge in [-0.2, -0.15) is 4.98 Å². The molecule has 1 heterocycles. The molecule has 0 radical (unpaired) electrons. The molecule has 0 spiro atoms. The molecular formula is C13H15N3O5. The maximum Gasteiger partial charge on any atom is 0.270 e. The molecule has 8 nitrogen and oxygen atoms in total. The summed E-state index contributed by atoms with van der Waals surface area (Å²) in [6, 6.07) is 4.05. The Bertz CT molecular complexity index is 638. The Labute approximate surface area is 120 Å². The number of nitrogens with zero attached hydrogens (tertiary/aromatic N) is 3. The summed E-state index contributed by atoms with van der Waals surface area (Å²) in [7, 11) is 0. The van der Waals surface area contributed by atoms with Crippen molar-refractivity contribution < 1.29 is 19.3 Å². The third-order valence-corrected chi connectivity index (χ3v) is 2.82. The third kappa shape index (κ3) is 3.54. The SMILES string of the molecule is CCc1nc(COc2ccc([N+](=O)[O-])cc2C(C)O)no1. The van der Waals surface area contributed by atoms with Crippen molar-refractivity contribution in [2.24, 2.45) is 0 Å². The Hall–Kier alpha value is -2.48. The number of rotatable bonds is 6. The van der Waals surface area contributed by atoms with Crippen LogP contribution in [0.25, 0.3) is 0 Å². The fourth-order valence-corrected chi connectivity index (χ4v) is 1.74. The van der Waals surface area contributed by atoms with Gasteiger partial charge in [0, 0.05) is 24.1 Å². The van der Waals surface area contributed by atoms with Crippen LogP contribution in [0.15, 0.2) is 22.7 Å². The first-order valence-corrected chi connectivity index (χ1v) is 6.42. The predicted octanol–water partition coefficient (Wildman–Crippen LogP) is 2.17. The van der Waals surface area contributed by atoms with E-state index in [-0.39, 0.29) is 12.3 Å². The maximum absolute atomic E-state index is 10.8. The number of aryl methyl sites for hydroxylation is 1. The third-order valence-electron chi connectivity index (χ3n) is 2.82. The molecule has 0 aliphatic carbocycles. The molecular weight excluding hydrogens is 278 g/mol. The van der Waals surface area contributed by atoms with Gasteiger partial charge in [0.1, 0.15) is 5.75 Å². The first kappa shape index (κ1) is 14.9. The number of ether oxygens (including phenoxy) is 1. The summed E-state index contributed by atoms with van der Waals surface area (Å²) < 4.78 is 10.5. The van der Waals surface area contributed by atoms with Crippen molar-refractivity contribution >= 4 is 5.69 Å². The lowest BCUT2D eigenvalue weighted by Gasteiger charge is -2.12. The summed E-state index contributed by atoms with van der Waals surface area (Å²) in [6.45, 7) is 3.45. The fourth-order valence-electron chi connectivity index (χ4n) is 1.74. The van der Waals surface area contributed by atoms with Gasteiger partial charge in [0.25, 0.3) is 5.69 Å². The zero-order valence-corrected chi connectivity index (χ0v) is 11.6. The Morgan fingerprint density at radius 3 is 2.86 bits per heavy atom. The van der Waals surface area contributed by atoms with Crippen LogP contribution in [0, 0.1) is 10.1 Å². The highest BCUT2D eigenvalue weighted by molar-refractivity contribution is 5.44. The Morgan fingerprint density at radius 1 is 1.52 bits per heavy atom. The van der Waals surface area contributed by atoms with Gasteiger partial charge in [0.15, 0.2) is 6.61 Å². The Morgan fingerprint density at radius 2 is 2.29 bits per heavy atom. The van der Waals surface area contributed by atoms with E-state index < -0.39 is 11.0 Å². The van der Waals surface area contributed by atoms with Crippen LogP contribution in [0.4, 0.5) is 5.69 Å². The number of nitro groups is 1. The van der Waals surface area contributed by atoms with E-state index in [2.05, 4.69) is 10.1 Å². The van der Waals surface area contributed by atoms with Crippen molar-refractivity contribution in [2.45, 2.75) is 33.0 Å². The van der Waals surface area contributed by atoms with Gasteiger partial charge in [0.05, 0.1) is 11.0 Å². The molecule has 0 aliphatic heterocycles. The summed E-state index contributed by atoms with van der Waals surface area (Å²) >= 11 is 0. The normalized spacial score (nSPS) is 12.1. The molecule has 1 aromatic carbocycles. The second kappa shape index (κ2) is 6.31. The minimum atomic E-state index is -0.892. The first-order valence-electron chi connectivity index (χ1n) is 6.42. The molecule has 0 bridgehead atoms. The smallest absolute Gasteiger partial charge is 0.270 e. The lowest BCUT2D eigenvalue weighted by atomic mass is 10.1. The number of benzene rings is 1. The van der Waals surface area contributed by atoms with Crippen LogP contribution >= 0.6 is 0 Å². The van der Waals surface area contributed by atoms with E-state index in [4.69, 9.17) is 9.26 Å². The second-order valence-corrected chi connectivity index (χ2v) is 4.40. The van der Waals surface area contributed by atoms with E-state index in [9.17, 15) is 15.2 Å². The van der Waals surface area contributed by atoms with E-state index in [0.717, 1.165) is 0 Å². The molecule has 0 fully saturated rings. The second-order valence-electron chi connectivity index (χ2n) is 4.40. The number of aliphatic hydroxyl groups excluding tert-OH is 1. The van der Waals surface area contributed by atoms with Gasteiger partial charge in [-0.05, 0) is 13.0 Å². The quantitative estimate of drug-likeness (QED) is 0.641. The van der Waals surface area contributed by atoms with Crippen molar-refractivity contribution in [3.8, 4) is 5.75 Å². The number of non-ortho nitro benzene ring substituents is 1. The topological polar surface area (TPSA) is 112 Å². The summed E-state index contributed by atoms with van der Waals surface area (Å²) in [6.07, 6.45) is -0.264. The van der Waals surface area contributed by atoms with Crippen molar-refractivity contribution in [1.29, 1.82) is 0 Å². The lowest BCUT2D eigenvalue weighted by molar-refractivity contribution is -0.385. The van der Waals surface area contributed by atoms with Gasteiger partial charge in [-0.15, -0.1) is 0 Å². The maximum atomic E-state index is 10.8. The standard InChI is InChI=1S/C13H15N3O5/c1-3-13-14-12(15-21-13)7-20-11-5-4-9(16(18)19)6-10(11)8(2)17/h4-6,8,17H,3,7H2,1-2H3. The summed E-state index contributed by atoms with van der Waals surface area (Å²) in [5.74, 6) is 1.23. The molecule has 8 heteroatoms. The van der Waals surface area contributed by atoms with Gasteiger partial charge in [-0.3, -0.25) is 10.1 Å². The summed E-state index contributed by atoms with van der Waals surface area (Å²) in [4.78, 5) is 14.3. The van der Waals surface area contributed by atoms with Crippen molar-refractivity contribution in [2.75, 3.05) is 0 Å². The van der Waals surface area contributed by atoms with Gasteiger partial charge in [-0.25, -0.2) is 0 Å². The molecule has 112 valence electrons. The van der Waals surface area contributed by atoms with E-state index in [1.165, 1.54) is 25.1 Å². The van der Waals surface area contributed by atoms with Gasteiger partial charge in [0.2, 0.25) is 11.7 Å². The number of aliphatic hydroxyl groups is 1. The predicted molar refractivity (Wildman–Crippen MR) is 71.7 cm³/mol. The van der Waals surface area contributed by atoms with Crippen LogP contribution in [0.5, 0.6) is 5.75 Å². The average molecular weight is 293 g/mol. The first-order chi connectivity index (χ1) is 10.0. The molecule has 0 aliphatic rings. The van der Waals surface area contributed by atoms with Crippen LogP contribution in [-0.2, 0) is 13.0 Å². The fraction of sp³-hybridized carbons (Fsp3) is 0.385. The van der Waals surface area contributed by atoms with Gasteiger partial charge in [-0.1, -0.05) is 12.1 Å². The van der Waals surface area contributed by atoms with Crippen LogP contribution in [-0.4, -0.2) is 20.2 Å². The van der Waals surface area contributed by atoms with Crippen molar-refractivity contribution in [3.63, 3.8) is 0 Å². The molecule has 21 heavy (non-hydrogen) atoms. The Balaban J connectivity index is 2.17. The van der Waals surface area contributed by atoms with Crippen molar-refractivity contribution in [3.05, 3.63) is 45.6 Å². The monoisotopic (exact) mass is 293 g/mol. The number of hydrogen-bond donors (Lipinski definition) is 1. The highest BCUT2D eigenvalue weighted by Gasteiger charge is 2.16. The van der Waals surface area contributed by atoms with Crippen LogP contribution in [0.1, 0.15) is 37.2 Å². The van der Waals surface area contributed by atoms with Crippen LogP contribution in [0.3, 0.4) is 0 Å². The molecule has 0 saturated carbocycles. The van der Waals surface area contributed by atoms with Crippen molar-refractivity contribution in [1.82, 2.24) is 10.1 Å². The van der Waals surface area contributed by atoms with Gasteiger partial charge < -0.3 is 14.4 Å². The van der Waals surface area contributed by atoms with Gasteiger partial charge >= 0.3 is 0 Å². The zero-order chi connectivity index (χ0) is 15.4. The largest absolute Gasteiger partial charge is 0.485 e. The average Bonchev–Trinajstić information content (AvgIpc) is 2.92.